The molecule has 0 aliphatic carbocycles. The average molecular weight is 268 g/mol. The maximum Gasteiger partial charge on any atom is 0.278 e. The lowest BCUT2D eigenvalue weighted by Crippen LogP contribution is -2.13. The molecule has 2 rings (SSSR count). The number of H-pyrrole nitrogens is 1. The highest BCUT2D eigenvalue weighted by molar-refractivity contribution is 7.92. The number of hydrogen-bond donors (Lipinski definition) is 3. The zero-order valence-electron chi connectivity index (χ0n) is 9.54. The zero-order chi connectivity index (χ0) is 13.2. The molecule has 2 aromatic rings. The predicted molar refractivity (Wildman–Crippen MR) is 66.8 cm³/mol. The summed E-state index contributed by atoms with van der Waals surface area (Å²) in [6.07, 6.45) is 2.51. The predicted octanol–water partition coefficient (Wildman–Crippen LogP) is 0.801. The van der Waals surface area contributed by atoms with Gasteiger partial charge in [0, 0.05) is 6.07 Å². The number of aromatic amines is 1. The molecule has 7 nitrogen and oxygen atoms in total. The van der Waals surface area contributed by atoms with E-state index in [9.17, 15) is 8.42 Å². The quantitative estimate of drug-likeness (QED) is 0.710. The van der Waals surface area contributed by atoms with E-state index >= 15 is 0 Å². The van der Waals surface area contributed by atoms with Crippen molar-refractivity contribution >= 4 is 21.4 Å². The third kappa shape index (κ3) is 2.38. The van der Waals surface area contributed by atoms with Gasteiger partial charge in [-0.15, -0.1) is 0 Å². The summed E-state index contributed by atoms with van der Waals surface area (Å²) in [6.45, 7) is 0. The van der Waals surface area contributed by atoms with Crippen molar-refractivity contribution in [1.29, 1.82) is 0 Å². The third-order valence-electron chi connectivity index (χ3n) is 2.25. The van der Waals surface area contributed by atoms with Crippen LogP contribution < -0.4 is 15.2 Å². The highest BCUT2D eigenvalue weighted by Gasteiger charge is 2.16. The molecule has 0 bridgehead atoms. The van der Waals surface area contributed by atoms with Gasteiger partial charge in [-0.25, -0.2) is 4.98 Å². The topological polar surface area (TPSA) is 110 Å². The smallest absolute Gasteiger partial charge is 0.278 e. The second-order valence-electron chi connectivity index (χ2n) is 3.48. The van der Waals surface area contributed by atoms with E-state index in [1.165, 1.54) is 25.7 Å². The van der Waals surface area contributed by atoms with Gasteiger partial charge >= 0.3 is 0 Å². The van der Waals surface area contributed by atoms with Crippen molar-refractivity contribution < 1.29 is 13.2 Å². The number of benzene rings is 1. The number of nitrogens with one attached hydrogen (secondary N) is 2. The van der Waals surface area contributed by atoms with Crippen LogP contribution in [0.5, 0.6) is 5.75 Å². The molecule has 0 radical (unpaired) electrons. The molecule has 0 aliphatic rings. The minimum atomic E-state index is -3.67. The summed E-state index contributed by atoms with van der Waals surface area (Å²) < 4.78 is 31.2. The van der Waals surface area contributed by atoms with Gasteiger partial charge in [0.15, 0.2) is 5.03 Å². The summed E-state index contributed by atoms with van der Waals surface area (Å²) in [6, 6.07) is 4.61. The summed E-state index contributed by atoms with van der Waals surface area (Å²) in [5.41, 5.74) is 6.43. The number of aromatic nitrogens is 2. The molecular formula is C10H12N4O3S. The largest absolute Gasteiger partial charge is 0.495 e. The number of nitrogens with zero attached hydrogens (tertiary/aromatic N) is 1. The highest BCUT2D eigenvalue weighted by atomic mass is 32.2. The summed E-state index contributed by atoms with van der Waals surface area (Å²) in [4.78, 5) is 6.18. The Kier molecular flexibility index (Phi) is 3.11. The van der Waals surface area contributed by atoms with Crippen molar-refractivity contribution in [2.45, 2.75) is 5.03 Å². The molecule has 96 valence electrons. The molecule has 0 saturated heterocycles. The number of imidazole rings is 1. The van der Waals surface area contributed by atoms with Crippen LogP contribution in [-0.2, 0) is 10.0 Å². The molecule has 18 heavy (non-hydrogen) atoms. The van der Waals surface area contributed by atoms with Gasteiger partial charge in [-0.3, -0.25) is 4.72 Å². The maximum atomic E-state index is 11.9. The standard InChI is InChI=1S/C10H12N4O3S/c1-17-9-4-7(2-3-8(9)11)14-18(15,16)10-5-12-6-13-10/h2-6,14H,11H2,1H3,(H,12,13). The second kappa shape index (κ2) is 4.57. The number of nitrogens with two attached hydrogens (primary N) is 1. The van der Waals surface area contributed by atoms with Crippen LogP contribution in [0.1, 0.15) is 0 Å². The molecule has 0 fully saturated rings. The summed E-state index contributed by atoms with van der Waals surface area (Å²) in [5, 5.41) is -0.0155. The molecule has 0 amide bonds. The molecule has 1 heterocycles. The number of methoxy groups -OCH3 is 1. The van der Waals surface area contributed by atoms with E-state index in [-0.39, 0.29) is 5.03 Å². The molecule has 0 aliphatic heterocycles. The Labute approximate surface area is 104 Å². The first-order chi connectivity index (χ1) is 8.53. The molecule has 8 heteroatoms. The Hall–Kier alpha value is -2.22. The fourth-order valence-corrected chi connectivity index (χ4v) is 2.33. The Morgan fingerprint density at radius 2 is 2.22 bits per heavy atom. The van der Waals surface area contributed by atoms with Crippen LogP contribution in [0.15, 0.2) is 35.7 Å². The number of ether oxygens (including phenoxy) is 1. The van der Waals surface area contributed by atoms with E-state index in [0.29, 0.717) is 17.1 Å². The normalized spacial score (nSPS) is 11.2. The monoisotopic (exact) mass is 268 g/mol. The van der Waals surface area contributed by atoms with E-state index in [2.05, 4.69) is 14.7 Å². The van der Waals surface area contributed by atoms with E-state index in [1.54, 1.807) is 12.1 Å². The lowest BCUT2D eigenvalue weighted by atomic mass is 10.3. The minimum Gasteiger partial charge on any atom is -0.495 e. The van der Waals surface area contributed by atoms with Crippen molar-refractivity contribution in [2.75, 3.05) is 17.6 Å². The number of anilines is 2. The molecule has 0 saturated carbocycles. The van der Waals surface area contributed by atoms with Gasteiger partial charge in [-0.05, 0) is 12.1 Å². The third-order valence-corrected chi connectivity index (χ3v) is 3.56. The van der Waals surface area contributed by atoms with E-state index in [0.717, 1.165) is 0 Å². The van der Waals surface area contributed by atoms with Gasteiger partial charge in [0.05, 0.1) is 31.0 Å². The number of hydrogen-bond acceptors (Lipinski definition) is 5. The molecule has 0 atom stereocenters. The molecule has 0 unspecified atom stereocenters. The van der Waals surface area contributed by atoms with E-state index in [4.69, 9.17) is 10.5 Å². The Morgan fingerprint density at radius 1 is 1.44 bits per heavy atom. The first-order valence-electron chi connectivity index (χ1n) is 4.97. The minimum absolute atomic E-state index is 0.0155. The van der Waals surface area contributed by atoms with Crippen LogP contribution in [0.4, 0.5) is 11.4 Å². The summed E-state index contributed by atoms with van der Waals surface area (Å²) in [5.74, 6) is 0.403. The van der Waals surface area contributed by atoms with Crippen molar-refractivity contribution in [2.24, 2.45) is 0 Å². The van der Waals surface area contributed by atoms with Crippen molar-refractivity contribution in [1.82, 2.24) is 9.97 Å². The fourth-order valence-electron chi connectivity index (χ4n) is 1.37. The van der Waals surface area contributed by atoms with Crippen molar-refractivity contribution in [3.8, 4) is 5.75 Å². The SMILES string of the molecule is COc1cc(NS(=O)(=O)c2cnc[nH]2)ccc1N. The summed E-state index contributed by atoms with van der Waals surface area (Å²) in [7, 11) is -2.22. The van der Waals surface area contributed by atoms with Gasteiger partial charge in [-0.1, -0.05) is 0 Å². The van der Waals surface area contributed by atoms with Crippen LogP contribution in [-0.4, -0.2) is 25.5 Å². The Balaban J connectivity index is 2.30. The number of nitrogen functional groups attached to an aromatic ring is 1. The van der Waals surface area contributed by atoms with Crippen LogP contribution in [0.25, 0.3) is 0 Å². The molecule has 1 aromatic heterocycles. The molecule has 0 spiro atoms. The maximum absolute atomic E-state index is 11.9. The molecule has 4 N–H and O–H groups in total. The number of rotatable bonds is 4. The van der Waals surface area contributed by atoms with Crippen molar-refractivity contribution in [3.05, 3.63) is 30.7 Å². The molecular weight excluding hydrogens is 256 g/mol. The van der Waals surface area contributed by atoms with Gasteiger partial charge in [0.1, 0.15) is 5.75 Å². The Bertz CT molecular complexity index is 637. The first-order valence-corrected chi connectivity index (χ1v) is 6.46. The van der Waals surface area contributed by atoms with E-state index < -0.39 is 10.0 Å². The van der Waals surface area contributed by atoms with Crippen LogP contribution in [0, 0.1) is 0 Å². The lowest BCUT2D eigenvalue weighted by molar-refractivity contribution is 0.417. The van der Waals surface area contributed by atoms with Crippen LogP contribution in [0.3, 0.4) is 0 Å². The van der Waals surface area contributed by atoms with Crippen LogP contribution >= 0.6 is 0 Å². The lowest BCUT2D eigenvalue weighted by Gasteiger charge is -2.09. The highest BCUT2D eigenvalue weighted by Crippen LogP contribution is 2.26. The van der Waals surface area contributed by atoms with Gasteiger partial charge in [0.25, 0.3) is 10.0 Å². The summed E-state index contributed by atoms with van der Waals surface area (Å²) >= 11 is 0. The zero-order valence-corrected chi connectivity index (χ0v) is 10.4. The number of sulfonamides is 1. The fraction of sp³-hybridized carbons (Fsp3) is 0.100. The van der Waals surface area contributed by atoms with E-state index in [1.807, 2.05) is 0 Å². The van der Waals surface area contributed by atoms with Gasteiger partial charge in [0.2, 0.25) is 0 Å². The average Bonchev–Trinajstić information content (AvgIpc) is 2.85. The second-order valence-corrected chi connectivity index (χ2v) is 5.13. The van der Waals surface area contributed by atoms with Gasteiger partial charge in [-0.2, -0.15) is 8.42 Å². The van der Waals surface area contributed by atoms with Crippen LogP contribution in [0.2, 0.25) is 0 Å². The van der Waals surface area contributed by atoms with Gasteiger partial charge < -0.3 is 15.5 Å². The first kappa shape index (κ1) is 12.2. The Morgan fingerprint density at radius 3 is 2.83 bits per heavy atom. The van der Waals surface area contributed by atoms with Crippen molar-refractivity contribution in [3.63, 3.8) is 0 Å². The molecule has 1 aromatic carbocycles.